The lowest BCUT2D eigenvalue weighted by Crippen LogP contribution is -2.13. The highest BCUT2D eigenvalue weighted by atomic mass is 16.5. The molecular formula is C19H19N3O5. The van der Waals surface area contributed by atoms with Gasteiger partial charge in [0.1, 0.15) is 0 Å². The summed E-state index contributed by atoms with van der Waals surface area (Å²) in [6.07, 6.45) is 2.47. The van der Waals surface area contributed by atoms with E-state index in [0.717, 1.165) is 5.56 Å². The van der Waals surface area contributed by atoms with E-state index in [-0.39, 0.29) is 12.3 Å². The summed E-state index contributed by atoms with van der Waals surface area (Å²) < 4.78 is 10.3. The second kappa shape index (κ2) is 8.31. The fourth-order valence-corrected chi connectivity index (χ4v) is 2.47. The van der Waals surface area contributed by atoms with E-state index in [2.05, 4.69) is 15.5 Å². The summed E-state index contributed by atoms with van der Waals surface area (Å²) in [6.45, 7) is 1.66. The minimum absolute atomic E-state index is 0.181. The molecule has 0 aliphatic heterocycles. The number of aliphatic carboxylic acids is 1. The number of carboxylic acids is 1. The Morgan fingerprint density at radius 2 is 2.00 bits per heavy atom. The lowest BCUT2D eigenvalue weighted by atomic mass is 10.0. The summed E-state index contributed by atoms with van der Waals surface area (Å²) in [5.74, 6) is -0.253. The van der Waals surface area contributed by atoms with Gasteiger partial charge in [-0.1, -0.05) is 24.2 Å². The monoisotopic (exact) mass is 369 g/mol. The molecule has 0 spiro atoms. The first-order chi connectivity index (χ1) is 13.0. The number of nitrogens with zero attached hydrogens (tertiary/aromatic N) is 2. The molecule has 1 aromatic carbocycles. The predicted molar refractivity (Wildman–Crippen MR) is 95.9 cm³/mol. The maximum absolute atomic E-state index is 12.1. The number of furan rings is 1. The Bertz CT molecular complexity index is 900. The highest BCUT2D eigenvalue weighted by Crippen LogP contribution is 2.17. The summed E-state index contributed by atoms with van der Waals surface area (Å²) in [6, 6.07) is 10.6. The summed E-state index contributed by atoms with van der Waals surface area (Å²) in [5, 5.41) is 15.5. The van der Waals surface area contributed by atoms with Crippen LogP contribution in [0.2, 0.25) is 0 Å². The first-order valence-corrected chi connectivity index (χ1v) is 8.49. The Morgan fingerprint density at radius 1 is 1.22 bits per heavy atom. The Kier molecular flexibility index (Phi) is 5.65. The molecule has 0 aliphatic rings. The maximum atomic E-state index is 12.1. The number of anilines is 1. The molecule has 3 aromatic rings. The number of aromatic nitrogens is 2. The molecule has 27 heavy (non-hydrogen) atoms. The first kappa shape index (κ1) is 18.4. The Balaban J connectivity index is 1.48. The Labute approximate surface area is 155 Å². The molecule has 0 saturated carbocycles. The summed E-state index contributed by atoms with van der Waals surface area (Å²) in [5.41, 5.74) is 1.55. The van der Waals surface area contributed by atoms with Crippen LogP contribution in [0.1, 0.15) is 24.8 Å². The van der Waals surface area contributed by atoms with Crippen LogP contribution in [0.5, 0.6) is 0 Å². The number of rotatable bonds is 8. The van der Waals surface area contributed by atoms with Gasteiger partial charge in [0.05, 0.1) is 12.2 Å². The van der Waals surface area contributed by atoms with Gasteiger partial charge in [0.2, 0.25) is 17.6 Å². The second-order valence-electron chi connectivity index (χ2n) is 6.18. The van der Waals surface area contributed by atoms with Gasteiger partial charge >= 0.3 is 5.97 Å². The molecule has 0 aliphatic carbocycles. The fourth-order valence-electron chi connectivity index (χ4n) is 2.47. The number of hydrogen-bond donors (Lipinski definition) is 2. The molecule has 2 N–H and O–H groups in total. The van der Waals surface area contributed by atoms with Crippen LogP contribution in [0.15, 0.2) is 51.6 Å². The van der Waals surface area contributed by atoms with E-state index in [9.17, 15) is 9.59 Å². The molecular weight excluding hydrogens is 350 g/mol. The second-order valence-corrected chi connectivity index (χ2v) is 6.18. The number of carbonyl (C=O) groups excluding carboxylic acids is 1. The molecule has 3 rings (SSSR count). The highest BCUT2D eigenvalue weighted by Gasteiger charge is 2.13. The van der Waals surface area contributed by atoms with Gasteiger partial charge in [-0.05, 0) is 36.2 Å². The third-order valence-electron chi connectivity index (χ3n) is 3.98. The molecule has 0 bridgehead atoms. The Morgan fingerprint density at radius 3 is 2.67 bits per heavy atom. The molecule has 1 unspecified atom stereocenters. The topological polar surface area (TPSA) is 118 Å². The summed E-state index contributed by atoms with van der Waals surface area (Å²) in [4.78, 5) is 27.2. The van der Waals surface area contributed by atoms with Crippen molar-refractivity contribution in [3.05, 3.63) is 54.1 Å². The number of aryl methyl sites for hydroxylation is 1. The molecule has 1 atom stereocenters. The zero-order chi connectivity index (χ0) is 19.2. The minimum Gasteiger partial charge on any atom is -0.481 e. The molecule has 8 heteroatoms. The van der Waals surface area contributed by atoms with Crippen molar-refractivity contribution in [1.29, 1.82) is 0 Å². The van der Waals surface area contributed by atoms with Gasteiger partial charge in [0.25, 0.3) is 0 Å². The molecule has 140 valence electrons. The number of carboxylic acid groups (broad SMARTS) is 1. The third-order valence-corrected chi connectivity index (χ3v) is 3.98. The average molecular weight is 369 g/mol. The fraction of sp³-hybridized carbons (Fsp3) is 0.263. The van der Waals surface area contributed by atoms with E-state index >= 15 is 0 Å². The molecule has 0 radical (unpaired) electrons. The molecule has 1 amide bonds. The lowest BCUT2D eigenvalue weighted by molar-refractivity contribution is -0.141. The minimum atomic E-state index is -0.830. The van der Waals surface area contributed by atoms with E-state index < -0.39 is 11.9 Å². The van der Waals surface area contributed by atoms with Crippen molar-refractivity contribution in [3.63, 3.8) is 0 Å². The molecule has 0 saturated heterocycles. The van der Waals surface area contributed by atoms with Crippen molar-refractivity contribution in [2.45, 2.75) is 26.2 Å². The third kappa shape index (κ3) is 5.04. The van der Waals surface area contributed by atoms with Crippen LogP contribution in [-0.2, 0) is 22.4 Å². The van der Waals surface area contributed by atoms with E-state index in [1.54, 1.807) is 31.2 Å². The Hall–Kier alpha value is -3.42. The lowest BCUT2D eigenvalue weighted by Gasteiger charge is -2.08. The van der Waals surface area contributed by atoms with E-state index in [0.29, 0.717) is 36.0 Å². The van der Waals surface area contributed by atoms with Crippen molar-refractivity contribution in [1.82, 2.24) is 10.1 Å². The van der Waals surface area contributed by atoms with Gasteiger partial charge < -0.3 is 19.4 Å². The molecule has 2 heterocycles. The van der Waals surface area contributed by atoms with Crippen molar-refractivity contribution in [2.75, 3.05) is 5.32 Å². The number of hydrogen-bond acceptors (Lipinski definition) is 6. The van der Waals surface area contributed by atoms with Crippen molar-refractivity contribution >= 4 is 17.6 Å². The van der Waals surface area contributed by atoms with Gasteiger partial charge in [0, 0.05) is 18.5 Å². The van der Waals surface area contributed by atoms with Crippen LogP contribution in [-0.4, -0.2) is 27.1 Å². The van der Waals surface area contributed by atoms with Gasteiger partial charge in [-0.3, -0.25) is 9.59 Å². The van der Waals surface area contributed by atoms with E-state index in [1.807, 2.05) is 12.1 Å². The van der Waals surface area contributed by atoms with Crippen LogP contribution in [0, 0.1) is 5.92 Å². The predicted octanol–water partition coefficient (Wildman–Crippen LogP) is 3.16. The van der Waals surface area contributed by atoms with Crippen LogP contribution >= 0.6 is 0 Å². The highest BCUT2D eigenvalue weighted by molar-refractivity contribution is 5.90. The molecule has 2 aromatic heterocycles. The average Bonchev–Trinajstić information content (AvgIpc) is 3.33. The standard InChI is InChI=1S/C19H19N3O5/c1-12(19(24)25)11-13-4-6-14(7-5-13)20-16(23)8-9-17-21-18(22-27-17)15-3-2-10-26-15/h2-7,10,12H,8-9,11H2,1H3,(H,20,23)(H,24,25). The number of amides is 1. The van der Waals surface area contributed by atoms with E-state index in [1.165, 1.54) is 6.26 Å². The summed E-state index contributed by atoms with van der Waals surface area (Å²) >= 11 is 0. The van der Waals surface area contributed by atoms with Gasteiger partial charge in [0.15, 0.2) is 5.76 Å². The maximum Gasteiger partial charge on any atom is 0.306 e. The zero-order valence-corrected chi connectivity index (χ0v) is 14.7. The SMILES string of the molecule is CC(Cc1ccc(NC(=O)CCc2nc(-c3ccco3)no2)cc1)C(=O)O. The smallest absolute Gasteiger partial charge is 0.306 e. The molecule has 0 fully saturated rings. The normalized spacial score (nSPS) is 11.9. The number of nitrogens with one attached hydrogen (secondary N) is 1. The summed E-state index contributed by atoms with van der Waals surface area (Å²) in [7, 11) is 0. The van der Waals surface area contributed by atoms with Gasteiger partial charge in [-0.2, -0.15) is 4.98 Å². The van der Waals surface area contributed by atoms with Crippen LogP contribution in [0.25, 0.3) is 11.6 Å². The largest absolute Gasteiger partial charge is 0.481 e. The van der Waals surface area contributed by atoms with Crippen LogP contribution in [0.3, 0.4) is 0 Å². The number of benzene rings is 1. The van der Waals surface area contributed by atoms with Gasteiger partial charge in [-0.15, -0.1) is 0 Å². The zero-order valence-electron chi connectivity index (χ0n) is 14.7. The van der Waals surface area contributed by atoms with E-state index in [4.69, 9.17) is 14.0 Å². The number of carbonyl (C=O) groups is 2. The first-order valence-electron chi connectivity index (χ1n) is 8.49. The van der Waals surface area contributed by atoms with Crippen molar-refractivity contribution in [2.24, 2.45) is 5.92 Å². The van der Waals surface area contributed by atoms with Crippen molar-refractivity contribution < 1.29 is 23.6 Å². The van der Waals surface area contributed by atoms with Crippen LogP contribution < -0.4 is 5.32 Å². The molecule has 8 nitrogen and oxygen atoms in total. The van der Waals surface area contributed by atoms with Gasteiger partial charge in [-0.25, -0.2) is 0 Å². The van der Waals surface area contributed by atoms with Crippen molar-refractivity contribution in [3.8, 4) is 11.6 Å². The quantitative estimate of drug-likeness (QED) is 0.626. The van der Waals surface area contributed by atoms with Crippen LogP contribution in [0.4, 0.5) is 5.69 Å².